The maximum absolute atomic E-state index is 5.83. The average molecular weight is 288 g/mol. The molecule has 0 bridgehead atoms. The Kier molecular flexibility index (Phi) is 4.81. The first kappa shape index (κ1) is 14.9. The quantitative estimate of drug-likeness (QED) is 0.834. The van der Waals surface area contributed by atoms with Crippen LogP contribution in [0.3, 0.4) is 0 Å². The van der Waals surface area contributed by atoms with Crippen molar-refractivity contribution in [1.29, 1.82) is 0 Å². The van der Waals surface area contributed by atoms with Crippen molar-refractivity contribution in [2.75, 3.05) is 26.7 Å². The molecule has 1 aliphatic heterocycles. The number of nitrogens with one attached hydrogen (secondary N) is 1. The van der Waals surface area contributed by atoms with E-state index in [0.717, 1.165) is 37.3 Å². The van der Waals surface area contributed by atoms with Gasteiger partial charge in [0.15, 0.2) is 0 Å². The maximum atomic E-state index is 5.83. The first-order valence-corrected chi connectivity index (χ1v) is 8.46. The zero-order chi connectivity index (χ0) is 14.7. The molecule has 1 saturated heterocycles. The lowest BCUT2D eigenvalue weighted by molar-refractivity contribution is 0.216. The van der Waals surface area contributed by atoms with E-state index >= 15 is 0 Å². The second-order valence-corrected chi connectivity index (χ2v) is 6.44. The molecule has 1 heterocycles. The highest BCUT2D eigenvalue weighted by atomic mass is 16.5. The van der Waals surface area contributed by atoms with Gasteiger partial charge in [-0.2, -0.15) is 0 Å². The highest BCUT2D eigenvalue weighted by Crippen LogP contribution is 2.44. The summed E-state index contributed by atoms with van der Waals surface area (Å²) in [5.41, 5.74) is 1.44. The van der Waals surface area contributed by atoms with Gasteiger partial charge >= 0.3 is 0 Å². The Hall–Kier alpha value is -1.06. The molecule has 21 heavy (non-hydrogen) atoms. The van der Waals surface area contributed by atoms with Crippen molar-refractivity contribution >= 4 is 0 Å². The molecule has 0 spiro atoms. The van der Waals surface area contributed by atoms with Crippen LogP contribution in [0.15, 0.2) is 24.3 Å². The van der Waals surface area contributed by atoms with Crippen LogP contribution in [0.5, 0.6) is 5.75 Å². The summed E-state index contributed by atoms with van der Waals surface area (Å²) in [6.45, 7) is 5.31. The average Bonchev–Trinajstić information content (AvgIpc) is 3.27. The van der Waals surface area contributed by atoms with Crippen molar-refractivity contribution in [1.82, 2.24) is 10.2 Å². The van der Waals surface area contributed by atoms with Crippen LogP contribution in [-0.2, 0) is 0 Å². The molecule has 1 saturated carbocycles. The predicted octanol–water partition coefficient (Wildman–Crippen LogP) is 3.22. The molecular formula is C18H28N2O. The van der Waals surface area contributed by atoms with Gasteiger partial charge in [0.2, 0.25) is 0 Å². The molecule has 2 aliphatic rings. The number of hydrogen-bond donors (Lipinski definition) is 1. The van der Waals surface area contributed by atoms with Crippen LogP contribution in [-0.4, -0.2) is 37.7 Å². The molecule has 116 valence electrons. The summed E-state index contributed by atoms with van der Waals surface area (Å²) >= 11 is 0. The fourth-order valence-corrected chi connectivity index (χ4v) is 3.65. The van der Waals surface area contributed by atoms with E-state index < -0.39 is 0 Å². The third-order valence-corrected chi connectivity index (χ3v) is 4.72. The van der Waals surface area contributed by atoms with Gasteiger partial charge in [-0.3, -0.25) is 4.90 Å². The van der Waals surface area contributed by atoms with Crippen LogP contribution in [0, 0.1) is 5.92 Å². The van der Waals surface area contributed by atoms with Gasteiger partial charge in [-0.25, -0.2) is 0 Å². The zero-order valence-electron chi connectivity index (χ0n) is 13.3. The molecule has 0 radical (unpaired) electrons. The third-order valence-electron chi connectivity index (χ3n) is 4.72. The van der Waals surface area contributed by atoms with E-state index in [9.17, 15) is 0 Å². The van der Waals surface area contributed by atoms with E-state index in [4.69, 9.17) is 4.74 Å². The highest BCUT2D eigenvalue weighted by Gasteiger charge is 2.42. The number of rotatable bonds is 7. The Morgan fingerprint density at radius 2 is 2.14 bits per heavy atom. The summed E-state index contributed by atoms with van der Waals surface area (Å²) in [6, 6.07) is 10.2. The Morgan fingerprint density at radius 1 is 1.29 bits per heavy atom. The molecule has 3 heteroatoms. The summed E-state index contributed by atoms with van der Waals surface area (Å²) in [5.74, 6) is 1.75. The van der Waals surface area contributed by atoms with E-state index in [0.29, 0.717) is 6.04 Å². The minimum absolute atomic E-state index is 0.565. The van der Waals surface area contributed by atoms with Gasteiger partial charge in [-0.1, -0.05) is 19.1 Å². The third kappa shape index (κ3) is 3.41. The Morgan fingerprint density at radius 3 is 2.86 bits per heavy atom. The minimum Gasteiger partial charge on any atom is -0.494 e. The minimum atomic E-state index is 0.565. The van der Waals surface area contributed by atoms with Crippen molar-refractivity contribution in [3.8, 4) is 5.75 Å². The molecule has 2 atom stereocenters. The van der Waals surface area contributed by atoms with Gasteiger partial charge in [0, 0.05) is 12.1 Å². The van der Waals surface area contributed by atoms with Gasteiger partial charge in [0.25, 0.3) is 0 Å². The Bertz CT molecular complexity index is 458. The van der Waals surface area contributed by atoms with Crippen LogP contribution in [0.1, 0.15) is 44.2 Å². The molecule has 1 aromatic rings. The Balaban J connectivity index is 1.80. The van der Waals surface area contributed by atoms with Crippen molar-refractivity contribution in [2.24, 2.45) is 5.92 Å². The zero-order valence-corrected chi connectivity index (χ0v) is 13.3. The fourth-order valence-electron chi connectivity index (χ4n) is 3.65. The van der Waals surface area contributed by atoms with Crippen molar-refractivity contribution in [2.45, 2.75) is 44.7 Å². The van der Waals surface area contributed by atoms with Gasteiger partial charge in [-0.05, 0) is 69.4 Å². The molecule has 1 N–H and O–H groups in total. The smallest absolute Gasteiger partial charge is 0.119 e. The molecule has 0 amide bonds. The number of likely N-dealkylation sites (tertiary alicyclic amines) is 1. The topological polar surface area (TPSA) is 24.5 Å². The predicted molar refractivity (Wildman–Crippen MR) is 86.7 cm³/mol. The first-order chi connectivity index (χ1) is 10.3. The van der Waals surface area contributed by atoms with E-state index in [-0.39, 0.29) is 0 Å². The summed E-state index contributed by atoms with van der Waals surface area (Å²) in [4.78, 5) is 2.74. The first-order valence-electron chi connectivity index (χ1n) is 8.46. The van der Waals surface area contributed by atoms with Gasteiger partial charge in [0.05, 0.1) is 6.61 Å². The highest BCUT2D eigenvalue weighted by molar-refractivity contribution is 5.32. The fraction of sp³-hybridized carbons (Fsp3) is 0.667. The van der Waals surface area contributed by atoms with Crippen LogP contribution in [0.25, 0.3) is 0 Å². The molecule has 0 aromatic heterocycles. The molecule has 3 nitrogen and oxygen atoms in total. The number of nitrogens with zero attached hydrogens (tertiary/aromatic N) is 1. The summed E-state index contributed by atoms with van der Waals surface area (Å²) in [5, 5.41) is 3.38. The molecule has 3 rings (SSSR count). The second-order valence-electron chi connectivity index (χ2n) is 6.44. The monoisotopic (exact) mass is 288 g/mol. The largest absolute Gasteiger partial charge is 0.494 e. The van der Waals surface area contributed by atoms with E-state index in [1.807, 2.05) is 0 Å². The van der Waals surface area contributed by atoms with E-state index in [2.05, 4.69) is 48.5 Å². The maximum Gasteiger partial charge on any atom is 0.119 e. The molecular weight excluding hydrogens is 260 g/mol. The molecule has 2 fully saturated rings. The van der Waals surface area contributed by atoms with Crippen LogP contribution >= 0.6 is 0 Å². The van der Waals surface area contributed by atoms with Gasteiger partial charge < -0.3 is 10.1 Å². The normalized spacial score (nSPS) is 26.2. The van der Waals surface area contributed by atoms with E-state index in [1.165, 1.54) is 31.4 Å². The lowest BCUT2D eigenvalue weighted by Gasteiger charge is -2.29. The molecule has 1 aliphatic carbocycles. The lowest BCUT2D eigenvalue weighted by atomic mass is 9.93. The number of hydrogen-bond acceptors (Lipinski definition) is 3. The van der Waals surface area contributed by atoms with E-state index in [1.54, 1.807) is 0 Å². The second kappa shape index (κ2) is 6.80. The number of ether oxygens (including phenoxy) is 1. The summed E-state index contributed by atoms with van der Waals surface area (Å²) < 4.78 is 5.83. The van der Waals surface area contributed by atoms with Crippen LogP contribution < -0.4 is 10.1 Å². The van der Waals surface area contributed by atoms with Crippen molar-refractivity contribution < 1.29 is 4.74 Å². The van der Waals surface area contributed by atoms with Crippen molar-refractivity contribution in [3.05, 3.63) is 29.8 Å². The SMILES string of the molecule is CCCOc1cccc(C2C(CNC)CCN2C2CC2)c1. The molecule has 2 unspecified atom stereocenters. The van der Waals surface area contributed by atoms with Crippen LogP contribution in [0.4, 0.5) is 0 Å². The number of benzene rings is 1. The van der Waals surface area contributed by atoms with Crippen LogP contribution in [0.2, 0.25) is 0 Å². The lowest BCUT2D eigenvalue weighted by Crippen LogP contribution is -2.30. The van der Waals surface area contributed by atoms with Gasteiger partial charge in [-0.15, -0.1) is 0 Å². The van der Waals surface area contributed by atoms with Crippen molar-refractivity contribution in [3.63, 3.8) is 0 Å². The molecule has 1 aromatic carbocycles. The standard InChI is InChI=1S/C18H28N2O/c1-3-11-21-17-6-4-5-14(12-17)18-15(13-19-2)9-10-20(18)16-7-8-16/h4-6,12,15-16,18-19H,3,7-11,13H2,1-2H3. The summed E-state index contributed by atoms with van der Waals surface area (Å²) in [6.07, 6.45) is 5.13. The van der Waals surface area contributed by atoms with Gasteiger partial charge in [0.1, 0.15) is 5.75 Å². The Labute approximate surface area is 128 Å². The summed E-state index contributed by atoms with van der Waals surface area (Å²) in [7, 11) is 2.07.